The first kappa shape index (κ1) is 12.6. The molecule has 1 aliphatic rings. The Bertz CT molecular complexity index is 645. The third kappa shape index (κ3) is 2.62. The van der Waals surface area contributed by atoms with Gasteiger partial charge < -0.3 is 14.2 Å². The van der Waals surface area contributed by atoms with Crippen LogP contribution in [0.15, 0.2) is 42.5 Å². The van der Waals surface area contributed by atoms with Gasteiger partial charge in [0.2, 0.25) is 6.79 Å². The van der Waals surface area contributed by atoms with Gasteiger partial charge in [-0.1, -0.05) is 29.8 Å². The number of halogens is 1. The number of anilines is 1. The SMILES string of the molecule is O=C(Nc1cc2c(cc1Cl)OCO2)Oc1ccccc1. The topological polar surface area (TPSA) is 56.8 Å². The van der Waals surface area contributed by atoms with Crippen molar-refractivity contribution in [3.63, 3.8) is 0 Å². The molecule has 0 saturated carbocycles. The predicted molar refractivity (Wildman–Crippen MR) is 73.7 cm³/mol. The number of hydrogen-bond acceptors (Lipinski definition) is 4. The molecule has 6 heteroatoms. The highest BCUT2D eigenvalue weighted by molar-refractivity contribution is 6.33. The van der Waals surface area contributed by atoms with Gasteiger partial charge in [-0.25, -0.2) is 4.79 Å². The first-order valence-corrected chi connectivity index (χ1v) is 6.23. The molecule has 102 valence electrons. The zero-order valence-corrected chi connectivity index (χ0v) is 11.0. The van der Waals surface area contributed by atoms with E-state index in [0.717, 1.165) is 0 Å². The lowest BCUT2D eigenvalue weighted by Gasteiger charge is -2.08. The van der Waals surface area contributed by atoms with Crippen molar-refractivity contribution < 1.29 is 19.0 Å². The Labute approximate surface area is 120 Å². The summed E-state index contributed by atoms with van der Waals surface area (Å²) in [5.41, 5.74) is 0.400. The number of ether oxygens (including phenoxy) is 3. The first-order valence-electron chi connectivity index (χ1n) is 5.85. The summed E-state index contributed by atoms with van der Waals surface area (Å²) in [6.07, 6.45) is -0.628. The third-order valence-electron chi connectivity index (χ3n) is 2.65. The number of carbonyl (C=O) groups excluding carboxylic acids is 1. The molecule has 0 unspecified atom stereocenters. The summed E-state index contributed by atoms with van der Waals surface area (Å²) in [6.45, 7) is 0.142. The zero-order valence-electron chi connectivity index (χ0n) is 10.3. The molecule has 0 spiro atoms. The lowest BCUT2D eigenvalue weighted by Crippen LogP contribution is -2.16. The number of fused-ring (bicyclic) bond motifs is 1. The number of amides is 1. The maximum absolute atomic E-state index is 11.8. The molecule has 0 aromatic heterocycles. The summed E-state index contributed by atoms with van der Waals surface area (Å²) in [5, 5.41) is 2.91. The first-order chi connectivity index (χ1) is 9.72. The quantitative estimate of drug-likeness (QED) is 0.917. The molecular formula is C14H10ClNO4. The van der Waals surface area contributed by atoms with Gasteiger partial charge in [-0.15, -0.1) is 0 Å². The summed E-state index contributed by atoms with van der Waals surface area (Å²) < 4.78 is 15.5. The van der Waals surface area contributed by atoms with Crippen LogP contribution in [0.3, 0.4) is 0 Å². The fourth-order valence-electron chi connectivity index (χ4n) is 1.74. The molecule has 1 N–H and O–H groups in total. The standard InChI is InChI=1S/C14H10ClNO4/c15-10-6-12-13(19-8-18-12)7-11(10)16-14(17)20-9-4-2-1-3-5-9/h1-7H,8H2,(H,16,17). The van der Waals surface area contributed by atoms with Gasteiger partial charge in [0.25, 0.3) is 0 Å². The third-order valence-corrected chi connectivity index (χ3v) is 2.97. The second-order valence-electron chi connectivity index (χ2n) is 4.01. The number of carbonyl (C=O) groups is 1. The molecule has 0 bridgehead atoms. The molecule has 3 rings (SSSR count). The highest BCUT2D eigenvalue weighted by atomic mass is 35.5. The van der Waals surface area contributed by atoms with E-state index in [1.807, 2.05) is 6.07 Å². The molecular weight excluding hydrogens is 282 g/mol. The number of rotatable bonds is 2. The van der Waals surface area contributed by atoms with E-state index in [9.17, 15) is 4.79 Å². The molecule has 0 atom stereocenters. The zero-order chi connectivity index (χ0) is 13.9. The second kappa shape index (κ2) is 5.30. The van der Waals surface area contributed by atoms with Crippen LogP contribution < -0.4 is 19.5 Å². The van der Waals surface area contributed by atoms with Gasteiger partial charge in [0.1, 0.15) is 5.75 Å². The van der Waals surface area contributed by atoms with Crippen molar-refractivity contribution in [3.05, 3.63) is 47.5 Å². The summed E-state index contributed by atoms with van der Waals surface area (Å²) in [4.78, 5) is 11.8. The molecule has 0 saturated heterocycles. The van der Waals surface area contributed by atoms with E-state index in [1.165, 1.54) is 0 Å². The monoisotopic (exact) mass is 291 g/mol. The average Bonchev–Trinajstić information content (AvgIpc) is 2.87. The Hall–Kier alpha value is -2.40. The minimum atomic E-state index is -0.628. The predicted octanol–water partition coefficient (Wildman–Crippen LogP) is 3.68. The van der Waals surface area contributed by atoms with Crippen molar-refractivity contribution in [1.82, 2.24) is 0 Å². The van der Waals surface area contributed by atoms with Gasteiger partial charge in [-0.3, -0.25) is 5.32 Å². The molecule has 2 aromatic rings. The van der Waals surface area contributed by atoms with Crippen LogP contribution in [-0.4, -0.2) is 12.9 Å². The summed E-state index contributed by atoms with van der Waals surface area (Å²) in [7, 11) is 0. The Balaban J connectivity index is 1.73. The van der Waals surface area contributed by atoms with Gasteiger partial charge in [0.15, 0.2) is 11.5 Å². The largest absolute Gasteiger partial charge is 0.454 e. The van der Waals surface area contributed by atoms with Crippen molar-refractivity contribution >= 4 is 23.4 Å². The minimum absolute atomic E-state index is 0.142. The van der Waals surface area contributed by atoms with Crippen LogP contribution in [0.4, 0.5) is 10.5 Å². The minimum Gasteiger partial charge on any atom is -0.454 e. The number of nitrogens with one attached hydrogen (secondary N) is 1. The molecule has 1 heterocycles. The van der Waals surface area contributed by atoms with Crippen molar-refractivity contribution in [1.29, 1.82) is 0 Å². The molecule has 0 radical (unpaired) electrons. The maximum atomic E-state index is 11.8. The molecule has 1 amide bonds. The van der Waals surface area contributed by atoms with Crippen molar-refractivity contribution in [2.24, 2.45) is 0 Å². The Morgan fingerprint density at radius 3 is 2.60 bits per heavy atom. The van der Waals surface area contributed by atoms with Crippen LogP contribution in [0.25, 0.3) is 0 Å². The van der Waals surface area contributed by atoms with Gasteiger partial charge in [0.05, 0.1) is 10.7 Å². The lowest BCUT2D eigenvalue weighted by molar-refractivity contribution is 0.174. The van der Waals surface area contributed by atoms with E-state index in [0.29, 0.717) is 28.0 Å². The molecule has 2 aromatic carbocycles. The van der Waals surface area contributed by atoms with Gasteiger partial charge in [-0.2, -0.15) is 0 Å². The highest BCUT2D eigenvalue weighted by Crippen LogP contribution is 2.39. The molecule has 5 nitrogen and oxygen atoms in total. The normalized spacial score (nSPS) is 12.1. The molecule has 0 fully saturated rings. The van der Waals surface area contributed by atoms with Crippen molar-refractivity contribution in [2.45, 2.75) is 0 Å². The van der Waals surface area contributed by atoms with Crippen molar-refractivity contribution in [3.8, 4) is 17.2 Å². The van der Waals surface area contributed by atoms with Crippen LogP contribution in [0.1, 0.15) is 0 Å². The van der Waals surface area contributed by atoms with Gasteiger partial charge in [0, 0.05) is 12.1 Å². The Kier molecular flexibility index (Phi) is 3.35. The van der Waals surface area contributed by atoms with E-state index < -0.39 is 6.09 Å². The summed E-state index contributed by atoms with van der Waals surface area (Å²) >= 11 is 6.05. The maximum Gasteiger partial charge on any atom is 0.417 e. The smallest absolute Gasteiger partial charge is 0.417 e. The number of benzene rings is 2. The van der Waals surface area contributed by atoms with Crippen LogP contribution in [0.5, 0.6) is 17.2 Å². The average molecular weight is 292 g/mol. The van der Waals surface area contributed by atoms with Crippen molar-refractivity contribution in [2.75, 3.05) is 12.1 Å². The van der Waals surface area contributed by atoms with Crippen LogP contribution in [0.2, 0.25) is 5.02 Å². The number of para-hydroxylation sites is 1. The lowest BCUT2D eigenvalue weighted by atomic mass is 10.3. The summed E-state index contributed by atoms with van der Waals surface area (Å²) in [5.74, 6) is 1.53. The van der Waals surface area contributed by atoms with E-state index in [4.69, 9.17) is 25.8 Å². The van der Waals surface area contributed by atoms with E-state index in [2.05, 4.69) is 5.32 Å². The van der Waals surface area contributed by atoms with Crippen LogP contribution in [0, 0.1) is 0 Å². The second-order valence-corrected chi connectivity index (χ2v) is 4.42. The van der Waals surface area contributed by atoms with E-state index in [1.54, 1.807) is 36.4 Å². The van der Waals surface area contributed by atoms with E-state index >= 15 is 0 Å². The number of hydrogen-bond donors (Lipinski definition) is 1. The van der Waals surface area contributed by atoms with Gasteiger partial charge in [-0.05, 0) is 12.1 Å². The highest BCUT2D eigenvalue weighted by Gasteiger charge is 2.18. The fourth-order valence-corrected chi connectivity index (χ4v) is 1.94. The van der Waals surface area contributed by atoms with Crippen LogP contribution in [-0.2, 0) is 0 Å². The van der Waals surface area contributed by atoms with E-state index in [-0.39, 0.29) is 6.79 Å². The summed E-state index contributed by atoms with van der Waals surface area (Å²) in [6, 6.07) is 11.9. The molecule has 1 aliphatic heterocycles. The Morgan fingerprint density at radius 2 is 1.85 bits per heavy atom. The van der Waals surface area contributed by atoms with Crippen LogP contribution >= 0.6 is 11.6 Å². The van der Waals surface area contributed by atoms with Gasteiger partial charge >= 0.3 is 6.09 Å². The fraction of sp³-hybridized carbons (Fsp3) is 0.0714. The molecule has 0 aliphatic carbocycles. The molecule has 20 heavy (non-hydrogen) atoms. The Morgan fingerprint density at radius 1 is 1.15 bits per heavy atom.